The highest BCUT2D eigenvalue weighted by Gasteiger charge is 2.17. The van der Waals surface area contributed by atoms with Crippen LogP contribution in [0.4, 0.5) is 0 Å². The third kappa shape index (κ3) is 1.94. The van der Waals surface area contributed by atoms with Gasteiger partial charge in [-0.3, -0.25) is 0 Å². The Labute approximate surface area is 101 Å². The SMILES string of the molecule is Cc1nc2c(c(-c3ccccc3)n1)CCNC2. The second-order valence-electron chi connectivity index (χ2n) is 4.34. The van der Waals surface area contributed by atoms with Crippen LogP contribution in [0.3, 0.4) is 0 Å². The van der Waals surface area contributed by atoms with Gasteiger partial charge in [-0.1, -0.05) is 30.3 Å². The fourth-order valence-electron chi connectivity index (χ4n) is 2.32. The summed E-state index contributed by atoms with van der Waals surface area (Å²) < 4.78 is 0. The van der Waals surface area contributed by atoms with Crippen molar-refractivity contribution in [2.24, 2.45) is 0 Å². The first-order valence-corrected chi connectivity index (χ1v) is 5.97. The summed E-state index contributed by atoms with van der Waals surface area (Å²) in [6.45, 7) is 3.83. The van der Waals surface area contributed by atoms with Crippen LogP contribution in [-0.4, -0.2) is 16.5 Å². The van der Waals surface area contributed by atoms with Crippen molar-refractivity contribution in [1.82, 2.24) is 15.3 Å². The second-order valence-corrected chi connectivity index (χ2v) is 4.34. The first-order valence-electron chi connectivity index (χ1n) is 5.97. The molecule has 3 nitrogen and oxygen atoms in total. The molecule has 1 aromatic heterocycles. The van der Waals surface area contributed by atoms with Gasteiger partial charge in [0.15, 0.2) is 0 Å². The van der Waals surface area contributed by atoms with Crippen LogP contribution in [0.1, 0.15) is 17.1 Å². The fraction of sp³-hybridized carbons (Fsp3) is 0.286. The molecule has 0 amide bonds. The van der Waals surface area contributed by atoms with Gasteiger partial charge in [0.05, 0.1) is 11.4 Å². The van der Waals surface area contributed by atoms with Crippen LogP contribution in [0, 0.1) is 6.92 Å². The van der Waals surface area contributed by atoms with E-state index in [0.717, 1.165) is 36.7 Å². The Morgan fingerprint density at radius 1 is 1.12 bits per heavy atom. The maximum absolute atomic E-state index is 4.62. The van der Waals surface area contributed by atoms with Crippen molar-refractivity contribution in [3.8, 4) is 11.3 Å². The molecule has 0 spiro atoms. The molecule has 2 heterocycles. The molecule has 1 aliphatic rings. The molecule has 0 unspecified atom stereocenters. The summed E-state index contributed by atoms with van der Waals surface area (Å²) in [7, 11) is 0. The zero-order valence-corrected chi connectivity index (χ0v) is 9.90. The van der Waals surface area contributed by atoms with Crippen molar-refractivity contribution in [2.75, 3.05) is 6.54 Å². The van der Waals surface area contributed by atoms with Gasteiger partial charge < -0.3 is 5.32 Å². The highest BCUT2D eigenvalue weighted by molar-refractivity contribution is 5.64. The second kappa shape index (κ2) is 4.26. The van der Waals surface area contributed by atoms with E-state index < -0.39 is 0 Å². The van der Waals surface area contributed by atoms with Crippen LogP contribution < -0.4 is 5.32 Å². The Hall–Kier alpha value is -1.74. The van der Waals surface area contributed by atoms with E-state index in [1.165, 1.54) is 11.1 Å². The molecule has 17 heavy (non-hydrogen) atoms. The quantitative estimate of drug-likeness (QED) is 0.807. The molecule has 0 radical (unpaired) electrons. The molecule has 0 aliphatic carbocycles. The van der Waals surface area contributed by atoms with Gasteiger partial charge >= 0.3 is 0 Å². The highest BCUT2D eigenvalue weighted by Crippen LogP contribution is 2.25. The molecule has 86 valence electrons. The number of nitrogens with zero attached hydrogens (tertiary/aromatic N) is 2. The predicted octanol–water partition coefficient (Wildman–Crippen LogP) is 2.10. The number of fused-ring (bicyclic) bond motifs is 1. The lowest BCUT2D eigenvalue weighted by Crippen LogP contribution is -2.26. The highest BCUT2D eigenvalue weighted by atomic mass is 15.0. The van der Waals surface area contributed by atoms with Gasteiger partial charge in [-0.15, -0.1) is 0 Å². The first-order chi connectivity index (χ1) is 8.34. The van der Waals surface area contributed by atoms with Crippen LogP contribution in [0.15, 0.2) is 30.3 Å². The van der Waals surface area contributed by atoms with Gasteiger partial charge in [0.2, 0.25) is 0 Å². The molecule has 3 rings (SSSR count). The summed E-state index contributed by atoms with van der Waals surface area (Å²) in [4.78, 5) is 9.14. The van der Waals surface area contributed by atoms with E-state index >= 15 is 0 Å². The molecule has 0 fully saturated rings. The zero-order chi connectivity index (χ0) is 11.7. The van der Waals surface area contributed by atoms with Crippen LogP contribution in [-0.2, 0) is 13.0 Å². The standard InChI is InChI=1S/C14H15N3/c1-10-16-13-9-15-8-7-12(13)14(17-10)11-5-3-2-4-6-11/h2-6,15H,7-9H2,1H3. The predicted molar refractivity (Wildman–Crippen MR) is 67.6 cm³/mol. The number of aryl methyl sites for hydroxylation is 1. The monoisotopic (exact) mass is 225 g/mol. The van der Waals surface area contributed by atoms with E-state index in [4.69, 9.17) is 0 Å². The molecule has 0 saturated carbocycles. The summed E-state index contributed by atoms with van der Waals surface area (Å²) in [6.07, 6.45) is 1.01. The van der Waals surface area contributed by atoms with Crippen molar-refractivity contribution < 1.29 is 0 Å². The Kier molecular flexibility index (Phi) is 2.61. The Bertz CT molecular complexity index is 535. The number of nitrogens with one attached hydrogen (secondary N) is 1. The smallest absolute Gasteiger partial charge is 0.126 e. The van der Waals surface area contributed by atoms with Crippen molar-refractivity contribution in [3.05, 3.63) is 47.4 Å². The van der Waals surface area contributed by atoms with Crippen molar-refractivity contribution >= 4 is 0 Å². The maximum Gasteiger partial charge on any atom is 0.126 e. The summed E-state index contributed by atoms with van der Waals surface area (Å²) in [5, 5.41) is 3.36. The fourth-order valence-corrected chi connectivity index (χ4v) is 2.32. The number of rotatable bonds is 1. The van der Waals surface area contributed by atoms with Crippen LogP contribution in [0.25, 0.3) is 11.3 Å². The molecule has 1 aliphatic heterocycles. The van der Waals surface area contributed by atoms with Gasteiger partial charge in [0, 0.05) is 17.7 Å². The van der Waals surface area contributed by atoms with Gasteiger partial charge in [-0.05, 0) is 19.9 Å². The summed E-state index contributed by atoms with van der Waals surface area (Å²) >= 11 is 0. The van der Waals surface area contributed by atoms with Crippen molar-refractivity contribution in [2.45, 2.75) is 19.9 Å². The molecular formula is C14H15N3. The van der Waals surface area contributed by atoms with Crippen molar-refractivity contribution in [3.63, 3.8) is 0 Å². The molecular weight excluding hydrogens is 210 g/mol. The molecule has 0 bridgehead atoms. The van der Waals surface area contributed by atoms with Crippen LogP contribution in [0.2, 0.25) is 0 Å². The van der Waals surface area contributed by atoms with Gasteiger partial charge in [-0.25, -0.2) is 9.97 Å². The third-order valence-electron chi connectivity index (χ3n) is 3.10. The molecule has 0 atom stereocenters. The summed E-state index contributed by atoms with van der Waals surface area (Å²) in [5.41, 5.74) is 4.76. The molecule has 3 heteroatoms. The molecule has 0 saturated heterocycles. The van der Waals surface area contributed by atoms with Crippen LogP contribution in [0.5, 0.6) is 0 Å². The number of hydrogen-bond acceptors (Lipinski definition) is 3. The molecule has 1 N–H and O–H groups in total. The zero-order valence-electron chi connectivity index (χ0n) is 9.90. The minimum absolute atomic E-state index is 0.853. The lowest BCUT2D eigenvalue weighted by Gasteiger charge is -2.19. The van der Waals surface area contributed by atoms with E-state index in [9.17, 15) is 0 Å². The topological polar surface area (TPSA) is 37.8 Å². The van der Waals surface area contributed by atoms with E-state index in [1.54, 1.807) is 0 Å². The van der Waals surface area contributed by atoms with E-state index in [-0.39, 0.29) is 0 Å². The van der Waals surface area contributed by atoms with Gasteiger partial charge in [0.25, 0.3) is 0 Å². The van der Waals surface area contributed by atoms with Crippen molar-refractivity contribution in [1.29, 1.82) is 0 Å². The first kappa shape index (κ1) is 10.4. The Balaban J connectivity index is 2.19. The number of aromatic nitrogens is 2. The maximum atomic E-state index is 4.62. The average molecular weight is 225 g/mol. The van der Waals surface area contributed by atoms with E-state index in [1.807, 2.05) is 13.0 Å². The minimum atomic E-state index is 0.853. The largest absolute Gasteiger partial charge is 0.311 e. The van der Waals surface area contributed by atoms with Crippen LogP contribution >= 0.6 is 0 Å². The normalized spacial score (nSPS) is 14.4. The summed E-state index contributed by atoms with van der Waals surface area (Å²) in [5.74, 6) is 0.853. The number of hydrogen-bond donors (Lipinski definition) is 1. The summed E-state index contributed by atoms with van der Waals surface area (Å²) in [6, 6.07) is 10.4. The van der Waals surface area contributed by atoms with E-state index in [2.05, 4.69) is 39.6 Å². The average Bonchev–Trinajstić information content (AvgIpc) is 2.39. The number of benzene rings is 1. The minimum Gasteiger partial charge on any atom is -0.311 e. The molecule has 1 aromatic carbocycles. The van der Waals surface area contributed by atoms with E-state index in [0.29, 0.717) is 0 Å². The third-order valence-corrected chi connectivity index (χ3v) is 3.10. The Morgan fingerprint density at radius 3 is 2.76 bits per heavy atom. The van der Waals surface area contributed by atoms with Gasteiger partial charge in [0.1, 0.15) is 5.82 Å². The lowest BCUT2D eigenvalue weighted by atomic mass is 9.99. The lowest BCUT2D eigenvalue weighted by molar-refractivity contribution is 0.621. The molecule has 2 aromatic rings. The Morgan fingerprint density at radius 2 is 1.94 bits per heavy atom. The van der Waals surface area contributed by atoms with Gasteiger partial charge in [-0.2, -0.15) is 0 Å².